The molecular weight excluding hydrogens is 418 g/mol. The number of hydrogen-bond acceptors (Lipinski definition) is 7. The molecule has 0 unspecified atom stereocenters. The van der Waals surface area contributed by atoms with Crippen molar-refractivity contribution >= 4 is 23.4 Å². The van der Waals surface area contributed by atoms with Crippen LogP contribution in [-0.4, -0.2) is 20.9 Å². The normalized spacial score (nSPS) is 10.6. The SMILES string of the molecule is C/C=C/C(=O)Nc1cccc(Nc2cc(Oc3ccc(Oc4ccccc4)cc3)ncn2)n1. The molecule has 2 heterocycles. The first kappa shape index (κ1) is 21.5. The second-order valence-electron chi connectivity index (χ2n) is 6.75. The first-order chi connectivity index (χ1) is 16.2. The molecule has 0 saturated heterocycles. The van der Waals surface area contributed by atoms with Crippen molar-refractivity contribution in [1.29, 1.82) is 0 Å². The Bertz CT molecular complexity index is 1240. The highest BCUT2D eigenvalue weighted by Gasteiger charge is 2.06. The Labute approximate surface area is 191 Å². The molecule has 0 aliphatic heterocycles. The number of nitrogens with zero attached hydrogens (tertiary/aromatic N) is 3. The molecule has 0 spiro atoms. The van der Waals surface area contributed by atoms with Gasteiger partial charge < -0.3 is 20.1 Å². The van der Waals surface area contributed by atoms with Crippen LogP contribution in [0.1, 0.15) is 6.92 Å². The van der Waals surface area contributed by atoms with Crippen LogP contribution in [0.25, 0.3) is 0 Å². The predicted molar refractivity (Wildman–Crippen MR) is 126 cm³/mol. The van der Waals surface area contributed by atoms with Crippen LogP contribution in [0.3, 0.4) is 0 Å². The van der Waals surface area contributed by atoms with Gasteiger partial charge in [-0.3, -0.25) is 4.79 Å². The molecule has 0 fully saturated rings. The van der Waals surface area contributed by atoms with Crippen molar-refractivity contribution in [2.75, 3.05) is 10.6 Å². The van der Waals surface area contributed by atoms with E-state index < -0.39 is 0 Å². The van der Waals surface area contributed by atoms with Crippen LogP contribution in [0.15, 0.2) is 97.3 Å². The van der Waals surface area contributed by atoms with E-state index in [-0.39, 0.29) is 5.91 Å². The monoisotopic (exact) mass is 439 g/mol. The third kappa shape index (κ3) is 6.38. The molecule has 2 aromatic heterocycles. The summed E-state index contributed by atoms with van der Waals surface area (Å²) in [6.45, 7) is 1.77. The number of aromatic nitrogens is 3. The van der Waals surface area contributed by atoms with Crippen molar-refractivity contribution in [3.8, 4) is 23.1 Å². The number of para-hydroxylation sites is 1. The van der Waals surface area contributed by atoms with E-state index >= 15 is 0 Å². The summed E-state index contributed by atoms with van der Waals surface area (Å²) in [7, 11) is 0. The maximum Gasteiger partial charge on any atom is 0.249 e. The van der Waals surface area contributed by atoms with Gasteiger partial charge in [0.2, 0.25) is 11.8 Å². The van der Waals surface area contributed by atoms with Gasteiger partial charge in [0.15, 0.2) is 0 Å². The van der Waals surface area contributed by atoms with Gasteiger partial charge in [-0.1, -0.05) is 30.3 Å². The van der Waals surface area contributed by atoms with Crippen molar-refractivity contribution in [2.45, 2.75) is 6.92 Å². The molecule has 1 amide bonds. The van der Waals surface area contributed by atoms with E-state index in [9.17, 15) is 4.79 Å². The lowest BCUT2D eigenvalue weighted by molar-refractivity contribution is -0.111. The Kier molecular flexibility index (Phi) is 6.87. The van der Waals surface area contributed by atoms with E-state index in [1.807, 2.05) is 42.5 Å². The molecule has 0 aliphatic rings. The number of allylic oxidation sites excluding steroid dienone is 1. The Morgan fingerprint density at radius 3 is 2.24 bits per heavy atom. The second-order valence-corrected chi connectivity index (χ2v) is 6.75. The standard InChI is InChI=1S/C25H21N5O3/c1-2-7-24(31)30-22-11-6-10-21(28-22)29-23-16-25(27-17-26-23)33-20-14-12-19(13-15-20)32-18-8-4-3-5-9-18/h2-17H,1H3,(H2,26,27,28,29,30,31)/b7-2+. The molecule has 8 nitrogen and oxygen atoms in total. The van der Waals surface area contributed by atoms with Gasteiger partial charge in [-0.05, 0) is 61.5 Å². The molecule has 2 N–H and O–H groups in total. The van der Waals surface area contributed by atoms with Crippen LogP contribution in [0.5, 0.6) is 23.1 Å². The zero-order valence-electron chi connectivity index (χ0n) is 17.8. The molecule has 2 aromatic carbocycles. The van der Waals surface area contributed by atoms with E-state index in [0.29, 0.717) is 34.8 Å². The van der Waals surface area contributed by atoms with Gasteiger partial charge in [0.25, 0.3) is 0 Å². The maximum atomic E-state index is 11.7. The number of hydrogen-bond donors (Lipinski definition) is 2. The summed E-state index contributed by atoms with van der Waals surface area (Å²) in [5.74, 6) is 3.61. The number of nitrogens with one attached hydrogen (secondary N) is 2. The average Bonchev–Trinajstić information content (AvgIpc) is 2.82. The lowest BCUT2D eigenvalue weighted by Crippen LogP contribution is -2.09. The van der Waals surface area contributed by atoms with E-state index in [1.165, 1.54) is 12.4 Å². The fourth-order valence-corrected chi connectivity index (χ4v) is 2.81. The fraction of sp³-hybridized carbons (Fsp3) is 0.0400. The van der Waals surface area contributed by atoms with Crippen molar-refractivity contribution in [1.82, 2.24) is 15.0 Å². The van der Waals surface area contributed by atoms with E-state index in [4.69, 9.17) is 9.47 Å². The molecule has 164 valence electrons. The first-order valence-electron chi connectivity index (χ1n) is 10.2. The zero-order valence-corrected chi connectivity index (χ0v) is 17.8. The molecule has 0 bridgehead atoms. The largest absolute Gasteiger partial charge is 0.457 e. The summed E-state index contributed by atoms with van der Waals surface area (Å²) in [6.07, 6.45) is 4.47. The number of pyridine rings is 1. The number of rotatable bonds is 8. The lowest BCUT2D eigenvalue weighted by atomic mass is 10.3. The number of ether oxygens (including phenoxy) is 2. The predicted octanol–water partition coefficient (Wildman–Crippen LogP) is 5.71. The Morgan fingerprint density at radius 1 is 0.788 bits per heavy atom. The van der Waals surface area contributed by atoms with Gasteiger partial charge in [-0.15, -0.1) is 0 Å². The molecule has 4 aromatic rings. The third-order valence-corrected chi connectivity index (χ3v) is 4.24. The summed E-state index contributed by atoms with van der Waals surface area (Å²) in [6, 6.07) is 23.7. The smallest absolute Gasteiger partial charge is 0.249 e. The Balaban J connectivity index is 1.39. The quantitative estimate of drug-likeness (QED) is 0.339. The summed E-state index contributed by atoms with van der Waals surface area (Å²) < 4.78 is 11.6. The minimum absolute atomic E-state index is 0.250. The number of amides is 1. The highest BCUT2D eigenvalue weighted by Crippen LogP contribution is 2.27. The van der Waals surface area contributed by atoms with Gasteiger partial charge >= 0.3 is 0 Å². The first-order valence-corrected chi connectivity index (χ1v) is 10.2. The summed E-state index contributed by atoms with van der Waals surface area (Å²) >= 11 is 0. The summed E-state index contributed by atoms with van der Waals surface area (Å²) in [5, 5.41) is 5.77. The van der Waals surface area contributed by atoms with Crippen LogP contribution in [0, 0.1) is 0 Å². The minimum atomic E-state index is -0.250. The number of benzene rings is 2. The van der Waals surface area contributed by atoms with Gasteiger partial charge in [-0.2, -0.15) is 0 Å². The number of carbonyl (C=O) groups excluding carboxylic acids is 1. The van der Waals surface area contributed by atoms with Crippen molar-refractivity contribution in [3.05, 3.63) is 97.3 Å². The number of carbonyl (C=O) groups is 1. The molecule has 8 heteroatoms. The molecule has 0 saturated carbocycles. The molecule has 0 aliphatic carbocycles. The van der Waals surface area contributed by atoms with Gasteiger partial charge in [0.1, 0.15) is 41.0 Å². The average molecular weight is 439 g/mol. The van der Waals surface area contributed by atoms with Gasteiger partial charge in [0, 0.05) is 6.07 Å². The van der Waals surface area contributed by atoms with Gasteiger partial charge in [0.05, 0.1) is 0 Å². The highest BCUT2D eigenvalue weighted by molar-refractivity contribution is 5.98. The number of anilines is 3. The molecule has 0 radical (unpaired) electrons. The Hall–Kier alpha value is -4.72. The van der Waals surface area contributed by atoms with Crippen LogP contribution in [0.4, 0.5) is 17.5 Å². The van der Waals surface area contributed by atoms with Crippen LogP contribution >= 0.6 is 0 Å². The van der Waals surface area contributed by atoms with Gasteiger partial charge in [-0.25, -0.2) is 15.0 Å². The third-order valence-electron chi connectivity index (χ3n) is 4.24. The van der Waals surface area contributed by atoms with E-state index in [1.54, 1.807) is 49.4 Å². The second kappa shape index (κ2) is 10.5. The highest BCUT2D eigenvalue weighted by atomic mass is 16.5. The van der Waals surface area contributed by atoms with Crippen molar-refractivity contribution < 1.29 is 14.3 Å². The molecular formula is C25H21N5O3. The van der Waals surface area contributed by atoms with E-state index in [2.05, 4.69) is 25.6 Å². The Morgan fingerprint density at radius 2 is 1.48 bits per heavy atom. The molecule has 4 rings (SSSR count). The molecule has 33 heavy (non-hydrogen) atoms. The van der Waals surface area contributed by atoms with Crippen LogP contribution in [0.2, 0.25) is 0 Å². The topological polar surface area (TPSA) is 98.3 Å². The van der Waals surface area contributed by atoms with Crippen LogP contribution < -0.4 is 20.1 Å². The van der Waals surface area contributed by atoms with Crippen molar-refractivity contribution in [3.63, 3.8) is 0 Å². The van der Waals surface area contributed by atoms with Crippen molar-refractivity contribution in [2.24, 2.45) is 0 Å². The maximum absolute atomic E-state index is 11.7. The zero-order chi connectivity index (χ0) is 22.9. The van der Waals surface area contributed by atoms with Crippen LogP contribution in [-0.2, 0) is 4.79 Å². The minimum Gasteiger partial charge on any atom is -0.457 e. The van der Waals surface area contributed by atoms with E-state index in [0.717, 1.165) is 5.75 Å². The molecule has 0 atom stereocenters. The fourth-order valence-electron chi connectivity index (χ4n) is 2.81. The lowest BCUT2D eigenvalue weighted by Gasteiger charge is -2.09. The summed E-state index contributed by atoms with van der Waals surface area (Å²) in [4.78, 5) is 24.4. The summed E-state index contributed by atoms with van der Waals surface area (Å²) in [5.41, 5.74) is 0.